The van der Waals surface area contributed by atoms with Crippen LogP contribution in [-0.4, -0.2) is 19.2 Å². The van der Waals surface area contributed by atoms with Crippen molar-refractivity contribution < 1.29 is 23.0 Å². The lowest BCUT2D eigenvalue weighted by molar-refractivity contribution is -0.0504. The van der Waals surface area contributed by atoms with Crippen LogP contribution in [0.25, 0.3) is 0 Å². The van der Waals surface area contributed by atoms with Gasteiger partial charge in [-0.15, -0.1) is 12.6 Å². The second-order valence-electron chi connectivity index (χ2n) is 3.08. The van der Waals surface area contributed by atoms with Crippen LogP contribution >= 0.6 is 12.6 Å². The van der Waals surface area contributed by atoms with Crippen LogP contribution in [0.3, 0.4) is 0 Å². The van der Waals surface area contributed by atoms with Crippen molar-refractivity contribution in [1.29, 1.82) is 5.26 Å². The van der Waals surface area contributed by atoms with Crippen molar-refractivity contribution in [3.05, 3.63) is 23.3 Å². The summed E-state index contributed by atoms with van der Waals surface area (Å²) in [5.74, 6) is -1.22. The highest BCUT2D eigenvalue weighted by Gasteiger charge is 2.19. The van der Waals surface area contributed by atoms with Gasteiger partial charge in [-0.3, -0.25) is 0 Å². The Morgan fingerprint density at radius 2 is 2.22 bits per heavy atom. The van der Waals surface area contributed by atoms with E-state index in [9.17, 15) is 13.6 Å². The van der Waals surface area contributed by atoms with Crippen LogP contribution in [0.1, 0.15) is 22.8 Å². The third-order valence-corrected chi connectivity index (χ3v) is 2.30. The van der Waals surface area contributed by atoms with Crippen LogP contribution in [0.5, 0.6) is 5.75 Å². The zero-order valence-corrected chi connectivity index (χ0v) is 10.2. The highest BCUT2D eigenvalue weighted by atomic mass is 32.1. The smallest absolute Gasteiger partial charge is 0.387 e. The number of hydrogen-bond acceptors (Lipinski definition) is 5. The van der Waals surface area contributed by atoms with E-state index in [1.807, 2.05) is 0 Å². The van der Waals surface area contributed by atoms with Gasteiger partial charge in [-0.25, -0.2) is 4.79 Å². The largest absolute Gasteiger partial charge is 0.462 e. The molecule has 0 saturated heterocycles. The van der Waals surface area contributed by atoms with Gasteiger partial charge < -0.3 is 9.47 Å². The molecule has 1 aromatic carbocycles. The predicted molar refractivity (Wildman–Crippen MR) is 61.0 cm³/mol. The molecular formula is C11H9F2NO3S. The second-order valence-corrected chi connectivity index (χ2v) is 3.56. The van der Waals surface area contributed by atoms with Crippen LogP contribution in [0, 0.1) is 11.3 Å². The number of ether oxygens (including phenoxy) is 2. The summed E-state index contributed by atoms with van der Waals surface area (Å²) in [6, 6.07) is 3.95. The summed E-state index contributed by atoms with van der Waals surface area (Å²) in [7, 11) is 0. The van der Waals surface area contributed by atoms with E-state index in [4.69, 9.17) is 10.00 Å². The fourth-order valence-electron chi connectivity index (χ4n) is 1.22. The summed E-state index contributed by atoms with van der Waals surface area (Å²) in [6.07, 6.45) is 0. The molecule has 4 nitrogen and oxygen atoms in total. The van der Waals surface area contributed by atoms with Gasteiger partial charge in [0.2, 0.25) is 0 Å². The molecule has 1 aromatic rings. The molecule has 0 aliphatic rings. The molecule has 0 N–H and O–H groups in total. The number of carbonyl (C=O) groups excluding carboxylic acids is 1. The Labute approximate surface area is 108 Å². The lowest BCUT2D eigenvalue weighted by atomic mass is 10.1. The van der Waals surface area contributed by atoms with Crippen molar-refractivity contribution in [2.75, 3.05) is 6.61 Å². The number of rotatable bonds is 4. The number of thiol groups is 1. The van der Waals surface area contributed by atoms with E-state index in [2.05, 4.69) is 17.4 Å². The van der Waals surface area contributed by atoms with Crippen molar-refractivity contribution >= 4 is 18.6 Å². The Kier molecular flexibility index (Phi) is 4.92. The summed E-state index contributed by atoms with van der Waals surface area (Å²) in [5, 5.41) is 8.75. The Bertz CT molecular complexity index is 500. The van der Waals surface area contributed by atoms with Crippen molar-refractivity contribution in [2.45, 2.75) is 18.4 Å². The molecule has 0 spiro atoms. The fraction of sp³-hybridized carbons (Fsp3) is 0.273. The van der Waals surface area contributed by atoms with Gasteiger partial charge in [0, 0.05) is 11.0 Å². The zero-order valence-electron chi connectivity index (χ0n) is 9.31. The number of halogens is 2. The Morgan fingerprint density at radius 3 is 2.72 bits per heavy atom. The molecular weight excluding hydrogens is 264 g/mol. The molecule has 0 heterocycles. The monoisotopic (exact) mass is 273 g/mol. The first-order valence-electron chi connectivity index (χ1n) is 4.88. The van der Waals surface area contributed by atoms with E-state index in [1.54, 1.807) is 13.0 Å². The first kappa shape index (κ1) is 14.3. The maximum Gasteiger partial charge on any atom is 0.387 e. The summed E-state index contributed by atoms with van der Waals surface area (Å²) in [6.45, 7) is -1.43. The van der Waals surface area contributed by atoms with E-state index in [0.717, 1.165) is 12.1 Å². The first-order valence-corrected chi connectivity index (χ1v) is 5.33. The van der Waals surface area contributed by atoms with Crippen molar-refractivity contribution in [2.24, 2.45) is 0 Å². The normalized spacial score (nSPS) is 10.0. The maximum absolute atomic E-state index is 12.2. The number of benzene rings is 1. The van der Waals surface area contributed by atoms with Gasteiger partial charge in [0.15, 0.2) is 0 Å². The molecule has 18 heavy (non-hydrogen) atoms. The number of nitriles is 1. The van der Waals surface area contributed by atoms with E-state index in [1.165, 1.54) is 0 Å². The number of carbonyl (C=O) groups is 1. The highest BCUT2D eigenvalue weighted by Crippen LogP contribution is 2.27. The fourth-order valence-corrected chi connectivity index (χ4v) is 1.46. The summed E-state index contributed by atoms with van der Waals surface area (Å²) in [5.41, 5.74) is -0.164. The van der Waals surface area contributed by atoms with Crippen LogP contribution < -0.4 is 4.74 Å². The van der Waals surface area contributed by atoms with E-state index in [0.29, 0.717) is 0 Å². The highest BCUT2D eigenvalue weighted by molar-refractivity contribution is 7.80. The molecule has 0 unspecified atom stereocenters. The summed E-state index contributed by atoms with van der Waals surface area (Å²) >= 11 is 3.97. The Hall–Kier alpha value is -1.81. The van der Waals surface area contributed by atoms with Gasteiger partial charge >= 0.3 is 12.6 Å². The molecule has 0 aliphatic carbocycles. The molecule has 96 valence electrons. The molecule has 0 atom stereocenters. The van der Waals surface area contributed by atoms with Gasteiger partial charge in [-0.1, -0.05) is 0 Å². The quantitative estimate of drug-likeness (QED) is 0.676. The van der Waals surface area contributed by atoms with Crippen molar-refractivity contribution in [3.63, 3.8) is 0 Å². The number of nitrogens with zero attached hydrogens (tertiary/aromatic N) is 1. The minimum absolute atomic E-state index is 0.0297. The van der Waals surface area contributed by atoms with Crippen LogP contribution in [0.15, 0.2) is 17.0 Å². The number of esters is 1. The standard InChI is InChI=1S/C11H9F2NO3S/c1-2-16-10(15)7-4-9(18)6(5-14)3-8(7)17-11(12)13/h3-4,11,18H,2H2,1H3. The van der Waals surface area contributed by atoms with Gasteiger partial charge in [-0.2, -0.15) is 14.0 Å². The summed E-state index contributed by atoms with van der Waals surface area (Å²) in [4.78, 5) is 11.7. The lowest BCUT2D eigenvalue weighted by Crippen LogP contribution is -2.11. The van der Waals surface area contributed by atoms with Gasteiger partial charge in [0.05, 0.1) is 12.2 Å². The molecule has 0 bridgehead atoms. The third kappa shape index (κ3) is 3.34. The molecule has 0 aromatic heterocycles. The minimum Gasteiger partial charge on any atom is -0.462 e. The molecule has 7 heteroatoms. The van der Waals surface area contributed by atoms with E-state index < -0.39 is 18.3 Å². The van der Waals surface area contributed by atoms with E-state index in [-0.39, 0.29) is 22.6 Å². The zero-order chi connectivity index (χ0) is 13.7. The molecule has 0 saturated carbocycles. The van der Waals surface area contributed by atoms with E-state index >= 15 is 0 Å². The summed E-state index contributed by atoms with van der Waals surface area (Å²) < 4.78 is 33.3. The average molecular weight is 273 g/mol. The molecule has 1 rings (SSSR count). The molecule has 0 aliphatic heterocycles. The van der Waals surface area contributed by atoms with Crippen LogP contribution in [-0.2, 0) is 4.74 Å². The SMILES string of the molecule is CCOC(=O)c1cc(S)c(C#N)cc1OC(F)F. The molecule has 0 radical (unpaired) electrons. The predicted octanol–water partition coefficient (Wildman–Crippen LogP) is 2.63. The molecule has 0 amide bonds. The maximum atomic E-state index is 12.2. The van der Waals surface area contributed by atoms with Crippen LogP contribution in [0.2, 0.25) is 0 Å². The average Bonchev–Trinajstić information content (AvgIpc) is 2.30. The Balaban J connectivity index is 3.25. The topological polar surface area (TPSA) is 59.3 Å². The second kappa shape index (κ2) is 6.21. The van der Waals surface area contributed by atoms with Gasteiger partial charge in [0.1, 0.15) is 17.4 Å². The first-order chi connectivity index (χ1) is 8.49. The minimum atomic E-state index is -3.10. The van der Waals surface area contributed by atoms with Crippen molar-refractivity contribution in [1.82, 2.24) is 0 Å². The number of hydrogen-bond donors (Lipinski definition) is 1. The number of alkyl halides is 2. The third-order valence-electron chi connectivity index (χ3n) is 1.93. The van der Waals surface area contributed by atoms with Crippen molar-refractivity contribution in [3.8, 4) is 11.8 Å². The van der Waals surface area contributed by atoms with Gasteiger partial charge in [0.25, 0.3) is 0 Å². The molecule has 0 fully saturated rings. The van der Waals surface area contributed by atoms with Gasteiger partial charge in [-0.05, 0) is 13.0 Å². The lowest BCUT2D eigenvalue weighted by Gasteiger charge is -2.11. The van der Waals surface area contributed by atoms with Crippen LogP contribution in [0.4, 0.5) is 8.78 Å². The Morgan fingerprint density at radius 1 is 1.56 bits per heavy atom.